The first-order valence-corrected chi connectivity index (χ1v) is 8.77. The topological polar surface area (TPSA) is 83.7 Å². The van der Waals surface area contributed by atoms with Crippen LogP contribution in [-0.2, 0) is 16.1 Å². The summed E-state index contributed by atoms with van der Waals surface area (Å²) < 4.78 is 10.5. The van der Waals surface area contributed by atoms with E-state index in [-0.39, 0.29) is 42.9 Å². The Morgan fingerprint density at radius 2 is 2.12 bits per heavy atom. The van der Waals surface area contributed by atoms with Crippen LogP contribution in [-0.4, -0.2) is 71.7 Å². The molecule has 0 radical (unpaired) electrons. The first-order chi connectivity index (χ1) is 11.7. The molecule has 10 heteroatoms. The van der Waals surface area contributed by atoms with Gasteiger partial charge in [0.15, 0.2) is 5.82 Å². The third-order valence-electron chi connectivity index (χ3n) is 4.82. The lowest BCUT2D eigenvalue weighted by molar-refractivity contribution is -0.132. The molecule has 2 aliphatic heterocycles. The van der Waals surface area contributed by atoms with Gasteiger partial charge in [0, 0.05) is 33.3 Å². The standard InChI is InChI=1S/C16H27N5O3.2ClH/c1-12(23-2)15-18-14(24-19-15)11-20-7-4-8-21(10-9-20)16(22)13-5-3-6-17-13;;/h12-13,17H,3-11H2,1-2H3;2*1H. The number of hydrogen-bond acceptors (Lipinski definition) is 7. The van der Waals surface area contributed by atoms with E-state index in [1.165, 1.54) is 0 Å². The van der Waals surface area contributed by atoms with Crippen LogP contribution in [0.15, 0.2) is 4.52 Å². The summed E-state index contributed by atoms with van der Waals surface area (Å²) in [4.78, 5) is 21.2. The van der Waals surface area contributed by atoms with Crippen LogP contribution in [0, 0.1) is 0 Å². The Hall–Kier alpha value is -0.930. The molecule has 3 rings (SSSR count). The van der Waals surface area contributed by atoms with Gasteiger partial charge < -0.3 is 19.5 Å². The van der Waals surface area contributed by atoms with E-state index in [4.69, 9.17) is 9.26 Å². The van der Waals surface area contributed by atoms with Gasteiger partial charge in [-0.3, -0.25) is 9.69 Å². The second kappa shape index (κ2) is 11.0. The Kier molecular flexibility index (Phi) is 9.81. The van der Waals surface area contributed by atoms with Crippen molar-refractivity contribution in [1.82, 2.24) is 25.3 Å². The average molecular weight is 410 g/mol. The molecular formula is C16H29Cl2N5O3. The number of rotatable bonds is 5. The number of ether oxygens (including phenoxy) is 1. The highest BCUT2D eigenvalue weighted by molar-refractivity contribution is 5.85. The van der Waals surface area contributed by atoms with Gasteiger partial charge in [-0.25, -0.2) is 0 Å². The van der Waals surface area contributed by atoms with E-state index >= 15 is 0 Å². The van der Waals surface area contributed by atoms with Gasteiger partial charge in [-0.15, -0.1) is 24.8 Å². The van der Waals surface area contributed by atoms with Crippen LogP contribution in [0.3, 0.4) is 0 Å². The molecule has 1 aromatic heterocycles. The third kappa shape index (κ3) is 5.79. The second-order valence-electron chi connectivity index (χ2n) is 6.53. The second-order valence-corrected chi connectivity index (χ2v) is 6.53. The zero-order valence-electron chi connectivity index (χ0n) is 15.3. The van der Waals surface area contributed by atoms with Gasteiger partial charge in [-0.1, -0.05) is 5.16 Å². The number of nitrogens with one attached hydrogen (secondary N) is 1. The fraction of sp³-hybridized carbons (Fsp3) is 0.812. The highest BCUT2D eigenvalue weighted by Gasteiger charge is 2.28. The van der Waals surface area contributed by atoms with Crippen LogP contribution in [0.4, 0.5) is 0 Å². The Labute approximate surface area is 166 Å². The van der Waals surface area contributed by atoms with Gasteiger partial charge in [-0.05, 0) is 32.7 Å². The smallest absolute Gasteiger partial charge is 0.240 e. The summed E-state index contributed by atoms with van der Waals surface area (Å²) >= 11 is 0. The molecular weight excluding hydrogens is 381 g/mol. The summed E-state index contributed by atoms with van der Waals surface area (Å²) in [6, 6.07) is 0.0191. The molecule has 0 bridgehead atoms. The van der Waals surface area contributed by atoms with Crippen LogP contribution in [0.2, 0.25) is 0 Å². The minimum atomic E-state index is -0.168. The highest BCUT2D eigenvalue weighted by atomic mass is 35.5. The number of carbonyl (C=O) groups excluding carboxylic acids is 1. The molecule has 0 aromatic carbocycles. The lowest BCUT2D eigenvalue weighted by Crippen LogP contribution is -2.45. The fourth-order valence-electron chi connectivity index (χ4n) is 3.26. The lowest BCUT2D eigenvalue weighted by Gasteiger charge is -2.24. The number of halogens is 2. The van der Waals surface area contributed by atoms with Crippen molar-refractivity contribution in [3.63, 3.8) is 0 Å². The van der Waals surface area contributed by atoms with Crippen molar-refractivity contribution < 1.29 is 14.1 Å². The van der Waals surface area contributed by atoms with Crippen molar-refractivity contribution >= 4 is 30.7 Å². The zero-order valence-corrected chi connectivity index (χ0v) is 17.0. The molecule has 0 aliphatic carbocycles. The van der Waals surface area contributed by atoms with Crippen molar-refractivity contribution in [2.75, 3.05) is 39.8 Å². The monoisotopic (exact) mass is 409 g/mol. The summed E-state index contributed by atoms with van der Waals surface area (Å²) in [6.45, 7) is 6.80. The zero-order chi connectivity index (χ0) is 16.9. The van der Waals surface area contributed by atoms with Crippen molar-refractivity contribution in [3.05, 3.63) is 11.7 Å². The quantitative estimate of drug-likeness (QED) is 0.786. The SMILES string of the molecule is COC(C)c1noc(CN2CCCN(C(=O)C3CCCN3)CC2)n1.Cl.Cl. The summed E-state index contributed by atoms with van der Waals surface area (Å²) in [6.07, 6.45) is 2.85. The Bertz CT molecular complexity index is 554. The maximum Gasteiger partial charge on any atom is 0.240 e. The highest BCUT2D eigenvalue weighted by Crippen LogP contribution is 2.15. The summed E-state index contributed by atoms with van der Waals surface area (Å²) in [5, 5.41) is 7.25. The van der Waals surface area contributed by atoms with Gasteiger partial charge in [0.2, 0.25) is 11.8 Å². The Morgan fingerprint density at radius 3 is 2.81 bits per heavy atom. The normalized spacial score (nSPS) is 22.2. The minimum absolute atomic E-state index is 0. The number of aromatic nitrogens is 2. The van der Waals surface area contributed by atoms with Crippen LogP contribution >= 0.6 is 24.8 Å². The molecule has 26 heavy (non-hydrogen) atoms. The predicted octanol–water partition coefficient (Wildman–Crippen LogP) is 1.41. The molecule has 2 unspecified atom stereocenters. The molecule has 1 N–H and O–H groups in total. The average Bonchev–Trinajstić information content (AvgIpc) is 3.23. The minimum Gasteiger partial charge on any atom is -0.374 e. The largest absolute Gasteiger partial charge is 0.374 e. The summed E-state index contributed by atoms with van der Waals surface area (Å²) in [5.74, 6) is 1.43. The third-order valence-corrected chi connectivity index (χ3v) is 4.82. The van der Waals surface area contributed by atoms with Gasteiger partial charge >= 0.3 is 0 Å². The van der Waals surface area contributed by atoms with E-state index in [9.17, 15) is 4.79 Å². The fourth-order valence-corrected chi connectivity index (χ4v) is 3.26. The Balaban J connectivity index is 0.00000169. The van der Waals surface area contributed by atoms with Crippen LogP contribution in [0.5, 0.6) is 0 Å². The molecule has 150 valence electrons. The van der Waals surface area contributed by atoms with E-state index in [1.54, 1.807) is 7.11 Å². The van der Waals surface area contributed by atoms with Gasteiger partial charge in [-0.2, -0.15) is 4.98 Å². The van der Waals surface area contributed by atoms with Gasteiger partial charge in [0.1, 0.15) is 6.10 Å². The molecule has 2 atom stereocenters. The molecule has 0 saturated carbocycles. The molecule has 2 aliphatic rings. The molecule has 0 spiro atoms. The molecule has 1 aromatic rings. The first kappa shape index (κ1) is 23.1. The van der Waals surface area contributed by atoms with Crippen molar-refractivity contribution in [2.45, 2.75) is 44.9 Å². The van der Waals surface area contributed by atoms with E-state index in [2.05, 4.69) is 20.4 Å². The van der Waals surface area contributed by atoms with E-state index < -0.39 is 0 Å². The van der Waals surface area contributed by atoms with Gasteiger partial charge in [0.25, 0.3) is 0 Å². The molecule has 2 fully saturated rings. The van der Waals surface area contributed by atoms with E-state index in [1.807, 2.05) is 11.8 Å². The number of amides is 1. The van der Waals surface area contributed by atoms with Gasteiger partial charge in [0.05, 0.1) is 12.6 Å². The van der Waals surface area contributed by atoms with Crippen LogP contribution < -0.4 is 5.32 Å². The van der Waals surface area contributed by atoms with Crippen molar-refractivity contribution in [1.29, 1.82) is 0 Å². The number of hydrogen-bond donors (Lipinski definition) is 1. The predicted molar refractivity (Wildman–Crippen MR) is 102 cm³/mol. The molecule has 1 amide bonds. The Morgan fingerprint density at radius 1 is 1.31 bits per heavy atom. The van der Waals surface area contributed by atoms with Crippen LogP contribution in [0.25, 0.3) is 0 Å². The first-order valence-electron chi connectivity index (χ1n) is 8.77. The number of carbonyl (C=O) groups is 1. The summed E-state index contributed by atoms with van der Waals surface area (Å²) in [5.41, 5.74) is 0. The van der Waals surface area contributed by atoms with Crippen LogP contribution in [0.1, 0.15) is 44.0 Å². The number of nitrogens with zero attached hydrogens (tertiary/aromatic N) is 4. The van der Waals surface area contributed by atoms with E-state index in [0.717, 1.165) is 52.0 Å². The summed E-state index contributed by atoms with van der Waals surface area (Å²) in [7, 11) is 1.63. The lowest BCUT2D eigenvalue weighted by atomic mass is 10.2. The maximum atomic E-state index is 12.5. The number of methoxy groups -OCH3 is 1. The molecule has 8 nitrogen and oxygen atoms in total. The molecule has 3 heterocycles. The van der Waals surface area contributed by atoms with E-state index in [0.29, 0.717) is 18.3 Å². The van der Waals surface area contributed by atoms with Crippen molar-refractivity contribution in [3.8, 4) is 0 Å². The maximum absolute atomic E-state index is 12.5. The van der Waals surface area contributed by atoms with Crippen molar-refractivity contribution in [2.24, 2.45) is 0 Å². The molecule has 2 saturated heterocycles.